The molecule has 12 heavy (non-hydrogen) atoms. The van der Waals surface area contributed by atoms with Gasteiger partial charge in [0, 0.05) is 10.6 Å². The highest BCUT2D eigenvalue weighted by Gasteiger charge is 2.06. The van der Waals surface area contributed by atoms with Crippen LogP contribution in [0.4, 0.5) is 0 Å². The Morgan fingerprint density at radius 1 is 1.33 bits per heavy atom. The van der Waals surface area contributed by atoms with Gasteiger partial charge < -0.3 is 5.21 Å². The Balaban J connectivity index is 3.23. The van der Waals surface area contributed by atoms with Gasteiger partial charge in [0.2, 0.25) is 0 Å². The second kappa shape index (κ2) is 3.99. The van der Waals surface area contributed by atoms with E-state index in [1.165, 1.54) is 6.07 Å². The molecule has 1 aromatic rings. The van der Waals surface area contributed by atoms with Gasteiger partial charge in [0.25, 0.3) is 0 Å². The highest BCUT2D eigenvalue weighted by atomic mass is 35.5. The minimum Gasteiger partial charge on any atom is -0.410 e. The average Bonchev–Trinajstić information content (AvgIpc) is 2.08. The maximum absolute atomic E-state index is 8.36. The lowest BCUT2D eigenvalue weighted by atomic mass is 10.2. The molecular weight excluding hydrogens is 220 g/mol. The summed E-state index contributed by atoms with van der Waals surface area (Å²) in [4.78, 5) is 0. The number of hydrogen-bond acceptors (Lipinski definition) is 2. The van der Waals surface area contributed by atoms with E-state index in [1.807, 2.05) is 0 Å². The Labute approximate surface area is 84.3 Å². The Morgan fingerprint density at radius 3 is 2.58 bits per heavy atom. The Kier molecular flexibility index (Phi) is 3.20. The van der Waals surface area contributed by atoms with E-state index < -0.39 is 0 Å². The third-order valence-corrected chi connectivity index (χ3v) is 2.08. The molecule has 1 N–H and O–H groups in total. The van der Waals surface area contributed by atoms with Crippen molar-refractivity contribution in [3.63, 3.8) is 0 Å². The van der Waals surface area contributed by atoms with Crippen LogP contribution in [0, 0.1) is 0 Å². The van der Waals surface area contributed by atoms with Gasteiger partial charge in [0.1, 0.15) is 0 Å². The molecule has 2 nitrogen and oxygen atoms in total. The van der Waals surface area contributed by atoms with E-state index in [0.717, 1.165) is 0 Å². The number of halogens is 3. The molecule has 0 saturated heterocycles. The Bertz CT molecular complexity index is 324. The SMILES string of the molecule is O/N=C(/Cl)c1cc(Cl)ccc1Cl. The largest absolute Gasteiger partial charge is 0.410 e. The zero-order chi connectivity index (χ0) is 9.14. The molecule has 0 amide bonds. The number of benzene rings is 1. The molecule has 0 aliphatic carbocycles. The number of rotatable bonds is 1. The molecule has 0 spiro atoms. The van der Waals surface area contributed by atoms with E-state index in [0.29, 0.717) is 15.6 Å². The van der Waals surface area contributed by atoms with Crippen molar-refractivity contribution in [2.24, 2.45) is 5.16 Å². The highest BCUT2D eigenvalue weighted by molar-refractivity contribution is 6.70. The van der Waals surface area contributed by atoms with Crippen molar-refractivity contribution in [3.8, 4) is 0 Å². The van der Waals surface area contributed by atoms with E-state index in [9.17, 15) is 0 Å². The van der Waals surface area contributed by atoms with Gasteiger partial charge in [0.05, 0.1) is 5.02 Å². The smallest absolute Gasteiger partial charge is 0.176 e. The highest BCUT2D eigenvalue weighted by Crippen LogP contribution is 2.22. The molecule has 0 aliphatic heterocycles. The number of hydrogen-bond donors (Lipinski definition) is 1. The fraction of sp³-hybridized carbons (Fsp3) is 0. The molecule has 0 bridgehead atoms. The normalized spacial score (nSPS) is 11.8. The van der Waals surface area contributed by atoms with Crippen LogP contribution in [0.2, 0.25) is 10.0 Å². The van der Waals surface area contributed by atoms with Crippen molar-refractivity contribution in [1.82, 2.24) is 0 Å². The Hall–Kier alpha value is -0.440. The summed E-state index contributed by atoms with van der Waals surface area (Å²) in [7, 11) is 0. The summed E-state index contributed by atoms with van der Waals surface area (Å²) in [6.45, 7) is 0. The van der Waals surface area contributed by atoms with Gasteiger partial charge in [0.15, 0.2) is 5.17 Å². The lowest BCUT2D eigenvalue weighted by Gasteiger charge is -1.99. The number of oxime groups is 1. The summed E-state index contributed by atoms with van der Waals surface area (Å²) in [5.74, 6) is 0. The van der Waals surface area contributed by atoms with Crippen LogP contribution in [-0.2, 0) is 0 Å². The van der Waals surface area contributed by atoms with Crippen LogP contribution in [0.1, 0.15) is 5.56 Å². The van der Waals surface area contributed by atoms with Gasteiger partial charge >= 0.3 is 0 Å². The maximum Gasteiger partial charge on any atom is 0.176 e. The third-order valence-electron chi connectivity index (χ3n) is 1.24. The summed E-state index contributed by atoms with van der Waals surface area (Å²) in [6, 6.07) is 4.72. The van der Waals surface area contributed by atoms with Crippen LogP contribution in [0.25, 0.3) is 0 Å². The molecule has 0 radical (unpaired) electrons. The van der Waals surface area contributed by atoms with Gasteiger partial charge in [-0.15, -0.1) is 0 Å². The molecule has 0 atom stereocenters. The molecule has 5 heteroatoms. The molecule has 1 rings (SSSR count). The lowest BCUT2D eigenvalue weighted by molar-refractivity contribution is 0.321. The van der Waals surface area contributed by atoms with Gasteiger partial charge in [-0.1, -0.05) is 40.0 Å². The first-order chi connectivity index (χ1) is 5.65. The van der Waals surface area contributed by atoms with Crippen molar-refractivity contribution in [3.05, 3.63) is 33.8 Å². The van der Waals surface area contributed by atoms with Gasteiger partial charge in [-0.2, -0.15) is 0 Å². The summed E-state index contributed by atoms with van der Waals surface area (Å²) < 4.78 is 0. The topological polar surface area (TPSA) is 32.6 Å². The molecule has 0 saturated carbocycles. The lowest BCUT2D eigenvalue weighted by Crippen LogP contribution is -1.91. The first-order valence-corrected chi connectivity index (χ1v) is 4.11. The van der Waals surface area contributed by atoms with Gasteiger partial charge in [-0.05, 0) is 18.2 Å². The average molecular weight is 224 g/mol. The molecule has 0 aliphatic rings. The summed E-state index contributed by atoms with van der Waals surface area (Å²) in [6.07, 6.45) is 0. The Morgan fingerprint density at radius 2 is 2.00 bits per heavy atom. The minimum absolute atomic E-state index is 0.0810. The summed E-state index contributed by atoms with van der Waals surface area (Å²) >= 11 is 16.9. The molecule has 0 aromatic heterocycles. The zero-order valence-electron chi connectivity index (χ0n) is 5.76. The molecule has 0 heterocycles. The fourth-order valence-corrected chi connectivity index (χ4v) is 1.29. The van der Waals surface area contributed by atoms with Crippen molar-refractivity contribution >= 4 is 40.0 Å². The predicted molar refractivity (Wildman–Crippen MR) is 50.6 cm³/mol. The van der Waals surface area contributed by atoms with E-state index in [2.05, 4.69) is 5.16 Å². The third kappa shape index (κ3) is 2.03. The zero-order valence-corrected chi connectivity index (χ0v) is 8.03. The predicted octanol–water partition coefficient (Wildman–Crippen LogP) is 3.37. The monoisotopic (exact) mass is 223 g/mol. The molecular formula is C7H4Cl3NO. The first kappa shape index (κ1) is 9.65. The van der Waals surface area contributed by atoms with Crippen LogP contribution >= 0.6 is 34.8 Å². The molecule has 0 unspecified atom stereocenters. The van der Waals surface area contributed by atoms with Crippen LogP contribution in [0.5, 0.6) is 0 Å². The van der Waals surface area contributed by atoms with Crippen LogP contribution < -0.4 is 0 Å². The van der Waals surface area contributed by atoms with E-state index in [-0.39, 0.29) is 5.17 Å². The van der Waals surface area contributed by atoms with Gasteiger partial charge in [-0.3, -0.25) is 0 Å². The quantitative estimate of drug-likeness (QED) is 0.443. The van der Waals surface area contributed by atoms with Crippen LogP contribution in [0.15, 0.2) is 23.4 Å². The van der Waals surface area contributed by atoms with Crippen molar-refractivity contribution in [1.29, 1.82) is 0 Å². The van der Waals surface area contributed by atoms with Crippen molar-refractivity contribution < 1.29 is 5.21 Å². The maximum atomic E-state index is 8.36. The molecule has 1 aromatic carbocycles. The van der Waals surface area contributed by atoms with E-state index in [4.69, 9.17) is 40.0 Å². The number of nitrogens with zero attached hydrogens (tertiary/aromatic N) is 1. The first-order valence-electron chi connectivity index (χ1n) is 2.98. The molecule has 64 valence electrons. The van der Waals surface area contributed by atoms with E-state index >= 15 is 0 Å². The molecule has 0 fully saturated rings. The van der Waals surface area contributed by atoms with Crippen molar-refractivity contribution in [2.45, 2.75) is 0 Å². The second-order valence-electron chi connectivity index (χ2n) is 2.01. The fourth-order valence-electron chi connectivity index (χ4n) is 0.709. The standard InChI is InChI=1S/C7H4Cl3NO/c8-4-1-2-6(9)5(3-4)7(10)11-12/h1-3,12H/b11-7+. The van der Waals surface area contributed by atoms with Gasteiger partial charge in [-0.25, -0.2) is 0 Å². The minimum atomic E-state index is -0.0810. The van der Waals surface area contributed by atoms with Crippen LogP contribution in [-0.4, -0.2) is 10.4 Å². The van der Waals surface area contributed by atoms with Crippen molar-refractivity contribution in [2.75, 3.05) is 0 Å². The summed E-state index contributed by atoms with van der Waals surface area (Å²) in [5.41, 5.74) is 0.410. The summed E-state index contributed by atoms with van der Waals surface area (Å²) in [5, 5.41) is 11.9. The second-order valence-corrected chi connectivity index (χ2v) is 3.22. The van der Waals surface area contributed by atoms with Crippen LogP contribution in [0.3, 0.4) is 0 Å². The van der Waals surface area contributed by atoms with E-state index in [1.54, 1.807) is 12.1 Å².